The Bertz CT molecular complexity index is 299. The Balaban J connectivity index is 3.28. The van der Waals surface area contributed by atoms with E-state index < -0.39 is 11.9 Å². The fourth-order valence-corrected chi connectivity index (χ4v) is 0.989. The predicted molar refractivity (Wildman–Crippen MR) is 45.1 cm³/mol. The molecule has 0 bridgehead atoms. The highest BCUT2D eigenvalue weighted by molar-refractivity contribution is 5.56. The van der Waals surface area contributed by atoms with Gasteiger partial charge in [0.25, 0.3) is 0 Å². The van der Waals surface area contributed by atoms with Gasteiger partial charge in [-0.3, -0.25) is 0 Å². The first-order valence-electron chi connectivity index (χ1n) is 3.56. The third-order valence-corrected chi connectivity index (χ3v) is 1.62. The summed E-state index contributed by atoms with van der Waals surface area (Å²) in [6.45, 7) is 1.65. The summed E-state index contributed by atoms with van der Waals surface area (Å²) in [6.07, 6.45) is 0. The van der Waals surface area contributed by atoms with Gasteiger partial charge in [0, 0.05) is 17.7 Å². The van der Waals surface area contributed by atoms with Crippen LogP contribution in [0.3, 0.4) is 0 Å². The molecule has 1 aromatic carbocycles. The van der Waals surface area contributed by atoms with Crippen molar-refractivity contribution in [3.05, 3.63) is 23.5 Å². The molecule has 0 saturated carbocycles. The minimum atomic E-state index is -0.488. The van der Waals surface area contributed by atoms with Gasteiger partial charge in [-0.2, -0.15) is 0 Å². The Morgan fingerprint density at radius 1 is 1.50 bits per heavy atom. The Kier molecular flexibility index (Phi) is 2.19. The van der Waals surface area contributed by atoms with E-state index in [2.05, 4.69) is 0 Å². The maximum Gasteiger partial charge on any atom is 0.143 e. The van der Waals surface area contributed by atoms with Gasteiger partial charge in [-0.25, -0.2) is 4.39 Å². The van der Waals surface area contributed by atoms with Crippen LogP contribution in [-0.2, 0) is 0 Å². The van der Waals surface area contributed by atoms with Gasteiger partial charge in [-0.05, 0) is 13.0 Å². The average Bonchev–Trinajstić information content (AvgIpc) is 1.96. The summed E-state index contributed by atoms with van der Waals surface area (Å²) in [6, 6.07) is 1.81. The van der Waals surface area contributed by atoms with Crippen LogP contribution in [0.4, 0.5) is 10.1 Å². The summed E-state index contributed by atoms with van der Waals surface area (Å²) in [7, 11) is 0. The van der Waals surface area contributed by atoms with Crippen molar-refractivity contribution in [1.82, 2.24) is 0 Å². The van der Waals surface area contributed by atoms with Crippen LogP contribution in [0.15, 0.2) is 12.1 Å². The second-order valence-electron chi connectivity index (χ2n) is 2.72. The molecule has 0 radical (unpaired) electrons. The van der Waals surface area contributed by atoms with Gasteiger partial charge in [-0.15, -0.1) is 0 Å². The molecule has 4 heteroatoms. The van der Waals surface area contributed by atoms with Crippen molar-refractivity contribution in [3.8, 4) is 5.75 Å². The van der Waals surface area contributed by atoms with E-state index in [0.717, 1.165) is 6.07 Å². The Hall–Kier alpha value is -1.29. The summed E-state index contributed by atoms with van der Waals surface area (Å²) in [5, 5.41) is 9.32. The third-order valence-electron chi connectivity index (χ3n) is 1.62. The standard InChI is InChI=1S/C8H11FN2O/c1-4(10)6-2-5(9)3-7(11)8(6)12/h2-4,12H,10-11H2,1H3/t4-/m1/s1. The van der Waals surface area contributed by atoms with Gasteiger partial charge in [0.2, 0.25) is 0 Å². The van der Waals surface area contributed by atoms with Crippen LogP contribution in [-0.4, -0.2) is 5.11 Å². The fourth-order valence-electron chi connectivity index (χ4n) is 0.989. The molecule has 1 rings (SSSR count). The number of phenolic OH excluding ortho intramolecular Hbond substituents is 1. The van der Waals surface area contributed by atoms with Crippen LogP contribution >= 0.6 is 0 Å². The Morgan fingerprint density at radius 2 is 2.08 bits per heavy atom. The zero-order valence-electron chi connectivity index (χ0n) is 6.71. The highest BCUT2D eigenvalue weighted by Crippen LogP contribution is 2.29. The molecule has 66 valence electrons. The average molecular weight is 170 g/mol. The minimum Gasteiger partial charge on any atom is -0.505 e. The summed E-state index contributed by atoms with van der Waals surface area (Å²) in [4.78, 5) is 0. The highest BCUT2D eigenvalue weighted by Gasteiger charge is 2.10. The molecule has 3 nitrogen and oxygen atoms in total. The largest absolute Gasteiger partial charge is 0.505 e. The van der Waals surface area contributed by atoms with E-state index in [0.29, 0.717) is 5.56 Å². The molecule has 1 aromatic rings. The minimum absolute atomic E-state index is 0.0160. The summed E-state index contributed by atoms with van der Waals surface area (Å²) in [5.74, 6) is -0.621. The van der Waals surface area contributed by atoms with E-state index in [1.165, 1.54) is 6.07 Å². The third kappa shape index (κ3) is 1.48. The van der Waals surface area contributed by atoms with E-state index in [4.69, 9.17) is 11.5 Å². The quantitative estimate of drug-likeness (QED) is 0.437. The van der Waals surface area contributed by atoms with Gasteiger partial charge < -0.3 is 16.6 Å². The molecular formula is C8H11FN2O. The summed E-state index contributed by atoms with van der Waals surface area (Å²) < 4.78 is 12.7. The lowest BCUT2D eigenvalue weighted by Crippen LogP contribution is -2.06. The predicted octanol–water partition coefficient (Wildman–Crippen LogP) is 1.13. The number of hydrogen-bond donors (Lipinski definition) is 3. The highest BCUT2D eigenvalue weighted by atomic mass is 19.1. The van der Waals surface area contributed by atoms with Gasteiger partial charge >= 0.3 is 0 Å². The van der Waals surface area contributed by atoms with Crippen molar-refractivity contribution in [3.63, 3.8) is 0 Å². The number of phenols is 1. The second kappa shape index (κ2) is 2.98. The lowest BCUT2D eigenvalue weighted by Gasteiger charge is -2.09. The van der Waals surface area contributed by atoms with Gasteiger partial charge in [0.05, 0.1) is 5.69 Å². The van der Waals surface area contributed by atoms with Crippen LogP contribution in [0.1, 0.15) is 18.5 Å². The lowest BCUT2D eigenvalue weighted by molar-refractivity contribution is 0.463. The van der Waals surface area contributed by atoms with Crippen molar-refractivity contribution < 1.29 is 9.50 Å². The number of nitrogens with two attached hydrogens (primary N) is 2. The summed E-state index contributed by atoms with van der Waals surface area (Å²) in [5.41, 5.74) is 11.1. The number of nitrogen functional groups attached to an aromatic ring is 1. The lowest BCUT2D eigenvalue weighted by atomic mass is 10.1. The molecule has 0 aliphatic heterocycles. The number of benzene rings is 1. The van der Waals surface area contributed by atoms with E-state index in [1.807, 2.05) is 0 Å². The molecule has 0 unspecified atom stereocenters. The van der Waals surface area contributed by atoms with Gasteiger partial charge in [-0.1, -0.05) is 0 Å². The van der Waals surface area contributed by atoms with Crippen LogP contribution in [0.25, 0.3) is 0 Å². The molecule has 0 spiro atoms. The normalized spacial score (nSPS) is 12.9. The van der Waals surface area contributed by atoms with E-state index in [9.17, 15) is 9.50 Å². The van der Waals surface area contributed by atoms with Crippen molar-refractivity contribution in [2.24, 2.45) is 5.73 Å². The number of hydrogen-bond acceptors (Lipinski definition) is 3. The Labute approximate surface area is 69.8 Å². The number of halogens is 1. The monoisotopic (exact) mass is 170 g/mol. The first kappa shape index (κ1) is 8.80. The van der Waals surface area contributed by atoms with E-state index in [1.54, 1.807) is 6.92 Å². The van der Waals surface area contributed by atoms with Crippen LogP contribution < -0.4 is 11.5 Å². The van der Waals surface area contributed by atoms with Crippen LogP contribution in [0.2, 0.25) is 0 Å². The molecular weight excluding hydrogens is 159 g/mol. The topological polar surface area (TPSA) is 72.3 Å². The fraction of sp³-hybridized carbons (Fsp3) is 0.250. The maximum absolute atomic E-state index is 12.7. The molecule has 12 heavy (non-hydrogen) atoms. The first-order chi connectivity index (χ1) is 5.52. The van der Waals surface area contributed by atoms with Crippen molar-refractivity contribution in [2.45, 2.75) is 13.0 Å². The summed E-state index contributed by atoms with van der Waals surface area (Å²) >= 11 is 0. The van der Waals surface area contributed by atoms with Crippen LogP contribution in [0, 0.1) is 5.82 Å². The molecule has 0 heterocycles. The first-order valence-corrected chi connectivity index (χ1v) is 3.56. The molecule has 5 N–H and O–H groups in total. The molecule has 0 aliphatic carbocycles. The van der Waals surface area contributed by atoms with Crippen molar-refractivity contribution >= 4 is 5.69 Å². The molecule has 1 atom stereocenters. The second-order valence-corrected chi connectivity index (χ2v) is 2.72. The van der Waals surface area contributed by atoms with Crippen molar-refractivity contribution in [1.29, 1.82) is 0 Å². The zero-order valence-corrected chi connectivity index (χ0v) is 6.71. The Morgan fingerprint density at radius 3 is 2.58 bits per heavy atom. The molecule has 0 aromatic heterocycles. The number of anilines is 1. The molecule has 0 aliphatic rings. The van der Waals surface area contributed by atoms with E-state index in [-0.39, 0.29) is 11.4 Å². The smallest absolute Gasteiger partial charge is 0.143 e. The maximum atomic E-state index is 12.7. The van der Waals surface area contributed by atoms with Gasteiger partial charge in [0.15, 0.2) is 0 Å². The molecule has 0 saturated heterocycles. The van der Waals surface area contributed by atoms with E-state index >= 15 is 0 Å². The number of rotatable bonds is 1. The SMILES string of the molecule is C[C@@H](N)c1cc(F)cc(N)c1O. The van der Waals surface area contributed by atoms with Crippen LogP contribution in [0.5, 0.6) is 5.75 Å². The zero-order chi connectivity index (χ0) is 9.30. The molecule has 0 amide bonds. The number of aromatic hydroxyl groups is 1. The van der Waals surface area contributed by atoms with Crippen molar-refractivity contribution in [2.75, 3.05) is 5.73 Å². The van der Waals surface area contributed by atoms with Gasteiger partial charge in [0.1, 0.15) is 11.6 Å². The molecule has 0 fully saturated rings.